The second kappa shape index (κ2) is 5.61. The van der Waals surface area contributed by atoms with Crippen LogP contribution in [0.2, 0.25) is 0 Å². The van der Waals surface area contributed by atoms with Crippen molar-refractivity contribution >= 4 is 5.91 Å². The van der Waals surface area contributed by atoms with Gasteiger partial charge in [0.15, 0.2) is 0 Å². The van der Waals surface area contributed by atoms with E-state index in [2.05, 4.69) is 5.32 Å². The number of nitrogens with two attached hydrogens (primary N) is 1. The van der Waals surface area contributed by atoms with Gasteiger partial charge < -0.3 is 11.1 Å². The fourth-order valence-electron chi connectivity index (χ4n) is 1.66. The number of benzene rings is 1. The minimum absolute atomic E-state index is 0.188. The quantitative estimate of drug-likeness (QED) is 0.828. The standard InChI is InChI=1S/C13H16FN3O/c1-13(2,6-12(16)18)17-8-10-3-9(7-15)4-11(14)5-10/h3-5,17H,6,8H2,1-2H3,(H2,16,18). The molecule has 0 saturated heterocycles. The molecule has 1 aromatic rings. The lowest BCUT2D eigenvalue weighted by Gasteiger charge is -2.24. The molecule has 0 spiro atoms. The molecule has 1 rings (SSSR count). The summed E-state index contributed by atoms with van der Waals surface area (Å²) >= 11 is 0. The topological polar surface area (TPSA) is 78.9 Å². The Hall–Kier alpha value is -1.93. The highest BCUT2D eigenvalue weighted by Gasteiger charge is 2.19. The van der Waals surface area contributed by atoms with Crippen molar-refractivity contribution in [2.75, 3.05) is 0 Å². The number of primary amides is 1. The van der Waals surface area contributed by atoms with E-state index in [1.807, 2.05) is 19.9 Å². The fraction of sp³-hybridized carbons (Fsp3) is 0.385. The molecule has 0 aliphatic rings. The molecule has 0 radical (unpaired) electrons. The molecular weight excluding hydrogens is 233 g/mol. The predicted molar refractivity (Wildman–Crippen MR) is 65.8 cm³/mol. The number of carbonyl (C=O) groups excluding carboxylic acids is 1. The first-order valence-corrected chi connectivity index (χ1v) is 5.55. The van der Waals surface area contributed by atoms with Crippen LogP contribution in [0.15, 0.2) is 18.2 Å². The summed E-state index contributed by atoms with van der Waals surface area (Å²) in [4.78, 5) is 10.9. The van der Waals surface area contributed by atoms with E-state index in [9.17, 15) is 9.18 Å². The molecule has 18 heavy (non-hydrogen) atoms. The van der Waals surface area contributed by atoms with Crippen molar-refractivity contribution < 1.29 is 9.18 Å². The largest absolute Gasteiger partial charge is 0.370 e. The zero-order chi connectivity index (χ0) is 13.8. The Morgan fingerprint density at radius 1 is 1.50 bits per heavy atom. The summed E-state index contributed by atoms with van der Waals surface area (Å²) in [6.45, 7) is 4.04. The van der Waals surface area contributed by atoms with Gasteiger partial charge in [0.05, 0.1) is 11.6 Å². The van der Waals surface area contributed by atoms with Gasteiger partial charge in [-0.1, -0.05) is 0 Å². The highest BCUT2D eigenvalue weighted by molar-refractivity contribution is 5.74. The molecular formula is C13H16FN3O. The number of nitrogens with zero attached hydrogens (tertiary/aromatic N) is 1. The number of hydrogen-bond donors (Lipinski definition) is 2. The summed E-state index contributed by atoms with van der Waals surface area (Å²) in [6, 6.07) is 6.04. The Labute approximate surface area is 106 Å². The van der Waals surface area contributed by atoms with Gasteiger partial charge in [-0.25, -0.2) is 4.39 Å². The molecule has 1 amide bonds. The van der Waals surface area contributed by atoms with Gasteiger partial charge in [-0.05, 0) is 37.6 Å². The van der Waals surface area contributed by atoms with Crippen molar-refractivity contribution in [1.29, 1.82) is 5.26 Å². The number of halogens is 1. The summed E-state index contributed by atoms with van der Waals surface area (Å²) in [6.07, 6.45) is 0.188. The average molecular weight is 249 g/mol. The Bertz CT molecular complexity index is 491. The summed E-state index contributed by atoms with van der Waals surface area (Å²) in [5.41, 5.74) is 5.60. The minimum atomic E-state index is -0.467. The second-order valence-electron chi connectivity index (χ2n) is 4.84. The molecule has 3 N–H and O–H groups in total. The molecule has 0 atom stereocenters. The number of carbonyl (C=O) groups is 1. The fourth-order valence-corrected chi connectivity index (χ4v) is 1.66. The maximum Gasteiger partial charge on any atom is 0.219 e. The van der Waals surface area contributed by atoms with Crippen LogP contribution >= 0.6 is 0 Å². The van der Waals surface area contributed by atoms with Gasteiger partial charge >= 0.3 is 0 Å². The molecule has 0 fully saturated rings. The van der Waals surface area contributed by atoms with Crippen LogP contribution in [0.5, 0.6) is 0 Å². The van der Waals surface area contributed by atoms with Crippen LogP contribution in [0.3, 0.4) is 0 Å². The normalized spacial score (nSPS) is 11.0. The molecule has 4 nitrogen and oxygen atoms in total. The first-order valence-electron chi connectivity index (χ1n) is 5.55. The van der Waals surface area contributed by atoms with E-state index >= 15 is 0 Å². The van der Waals surface area contributed by atoms with Gasteiger partial charge in [-0.2, -0.15) is 5.26 Å². The Morgan fingerprint density at radius 3 is 2.72 bits per heavy atom. The summed E-state index contributed by atoms with van der Waals surface area (Å²) in [5.74, 6) is -0.844. The summed E-state index contributed by atoms with van der Waals surface area (Å²) < 4.78 is 13.2. The van der Waals surface area contributed by atoms with Gasteiger partial charge in [0, 0.05) is 18.5 Å². The maximum absolute atomic E-state index is 13.2. The van der Waals surface area contributed by atoms with Crippen LogP contribution in [0.4, 0.5) is 4.39 Å². The van der Waals surface area contributed by atoms with Crippen LogP contribution in [-0.4, -0.2) is 11.4 Å². The van der Waals surface area contributed by atoms with Crippen LogP contribution in [-0.2, 0) is 11.3 Å². The predicted octanol–water partition coefficient (Wildman–Crippen LogP) is 1.44. The van der Waals surface area contributed by atoms with E-state index < -0.39 is 17.3 Å². The molecule has 0 unspecified atom stereocenters. The molecule has 0 aromatic heterocycles. The molecule has 1 aromatic carbocycles. The van der Waals surface area contributed by atoms with E-state index in [1.54, 1.807) is 6.07 Å². The molecule has 96 valence electrons. The number of nitrogens with one attached hydrogen (secondary N) is 1. The Kier molecular flexibility index (Phi) is 4.40. The van der Waals surface area contributed by atoms with Crippen LogP contribution in [0.1, 0.15) is 31.4 Å². The van der Waals surface area contributed by atoms with Crippen molar-refractivity contribution in [3.8, 4) is 6.07 Å². The van der Waals surface area contributed by atoms with Crippen LogP contribution in [0.25, 0.3) is 0 Å². The SMILES string of the molecule is CC(C)(CC(N)=O)NCc1cc(F)cc(C#N)c1. The van der Waals surface area contributed by atoms with Crippen molar-refractivity contribution in [2.45, 2.75) is 32.4 Å². The van der Waals surface area contributed by atoms with E-state index in [1.165, 1.54) is 12.1 Å². The highest BCUT2D eigenvalue weighted by Crippen LogP contribution is 2.12. The molecule has 0 aliphatic heterocycles. The summed E-state index contributed by atoms with van der Waals surface area (Å²) in [7, 11) is 0. The number of hydrogen-bond acceptors (Lipinski definition) is 3. The third-order valence-corrected chi connectivity index (χ3v) is 2.47. The van der Waals surface area contributed by atoms with Gasteiger partial charge in [0.25, 0.3) is 0 Å². The average Bonchev–Trinajstić information content (AvgIpc) is 2.24. The first-order chi connectivity index (χ1) is 8.32. The van der Waals surface area contributed by atoms with E-state index in [0.29, 0.717) is 12.1 Å². The van der Waals surface area contributed by atoms with Gasteiger partial charge in [0.1, 0.15) is 5.82 Å². The van der Waals surface area contributed by atoms with Crippen LogP contribution < -0.4 is 11.1 Å². The van der Waals surface area contributed by atoms with E-state index in [4.69, 9.17) is 11.0 Å². The Morgan fingerprint density at radius 2 is 2.17 bits per heavy atom. The number of nitriles is 1. The van der Waals surface area contributed by atoms with Crippen molar-refractivity contribution in [3.63, 3.8) is 0 Å². The minimum Gasteiger partial charge on any atom is -0.370 e. The zero-order valence-electron chi connectivity index (χ0n) is 10.5. The third-order valence-electron chi connectivity index (χ3n) is 2.47. The first kappa shape index (κ1) is 14.1. The van der Waals surface area contributed by atoms with Crippen molar-refractivity contribution in [1.82, 2.24) is 5.32 Å². The second-order valence-corrected chi connectivity index (χ2v) is 4.84. The smallest absolute Gasteiger partial charge is 0.219 e. The number of amides is 1. The number of rotatable bonds is 5. The maximum atomic E-state index is 13.2. The molecule has 0 saturated carbocycles. The highest BCUT2D eigenvalue weighted by atomic mass is 19.1. The van der Waals surface area contributed by atoms with Gasteiger partial charge in [-0.15, -0.1) is 0 Å². The molecule has 5 heteroatoms. The lowest BCUT2D eigenvalue weighted by Crippen LogP contribution is -2.42. The van der Waals surface area contributed by atoms with E-state index in [-0.39, 0.29) is 12.0 Å². The third kappa shape index (κ3) is 4.52. The lowest BCUT2D eigenvalue weighted by molar-refractivity contribution is -0.119. The molecule has 0 bridgehead atoms. The molecule has 0 heterocycles. The lowest BCUT2D eigenvalue weighted by atomic mass is 9.99. The van der Waals surface area contributed by atoms with E-state index in [0.717, 1.165) is 0 Å². The van der Waals surface area contributed by atoms with Crippen LogP contribution in [0, 0.1) is 17.1 Å². The molecule has 0 aliphatic carbocycles. The van der Waals surface area contributed by atoms with Crippen molar-refractivity contribution in [3.05, 3.63) is 35.1 Å². The zero-order valence-corrected chi connectivity index (χ0v) is 10.5. The van der Waals surface area contributed by atoms with Crippen molar-refractivity contribution in [2.24, 2.45) is 5.73 Å². The monoisotopic (exact) mass is 249 g/mol. The van der Waals surface area contributed by atoms with Gasteiger partial charge in [-0.3, -0.25) is 4.79 Å². The Balaban J connectivity index is 2.72. The summed E-state index contributed by atoms with van der Waals surface area (Å²) in [5, 5.41) is 11.8. The van der Waals surface area contributed by atoms with Gasteiger partial charge in [0.2, 0.25) is 5.91 Å².